The summed E-state index contributed by atoms with van der Waals surface area (Å²) in [5.41, 5.74) is 0. The number of halogens is 1. The van der Waals surface area contributed by atoms with Gasteiger partial charge in [-0.25, -0.2) is 4.79 Å². The van der Waals surface area contributed by atoms with Crippen LogP contribution in [0.5, 0.6) is 0 Å². The van der Waals surface area contributed by atoms with E-state index in [1.165, 1.54) is 25.9 Å². The molecule has 2 heterocycles. The van der Waals surface area contributed by atoms with Crippen LogP contribution >= 0.6 is 24.0 Å². The van der Waals surface area contributed by atoms with Crippen molar-refractivity contribution in [3.8, 4) is 0 Å². The van der Waals surface area contributed by atoms with Gasteiger partial charge in [0.05, 0.1) is 6.61 Å². The van der Waals surface area contributed by atoms with Crippen molar-refractivity contribution in [1.29, 1.82) is 0 Å². The number of piperidine rings is 1. The first-order valence-electron chi connectivity index (χ1n) is 9.91. The zero-order valence-corrected chi connectivity index (χ0v) is 18.7. The summed E-state index contributed by atoms with van der Waals surface area (Å²) in [6.07, 6.45) is 5.46. The minimum atomic E-state index is -0.191. The molecule has 2 saturated heterocycles. The molecule has 2 aliphatic rings. The minimum Gasteiger partial charge on any atom is -0.450 e. The van der Waals surface area contributed by atoms with Crippen molar-refractivity contribution in [3.63, 3.8) is 0 Å². The van der Waals surface area contributed by atoms with Crippen molar-refractivity contribution in [2.24, 2.45) is 4.99 Å². The van der Waals surface area contributed by atoms with Gasteiger partial charge < -0.3 is 25.2 Å². The number of rotatable bonds is 7. The second-order valence-electron chi connectivity index (χ2n) is 6.77. The summed E-state index contributed by atoms with van der Waals surface area (Å²) < 4.78 is 5.07. The van der Waals surface area contributed by atoms with Crippen LogP contribution in [-0.2, 0) is 4.74 Å². The monoisotopic (exact) mass is 481 g/mol. The lowest BCUT2D eigenvalue weighted by atomic mass is 10.1. The Morgan fingerprint density at radius 3 is 2.46 bits per heavy atom. The highest BCUT2D eigenvalue weighted by Crippen LogP contribution is 2.11. The number of nitrogens with zero attached hydrogens (tertiary/aromatic N) is 3. The highest BCUT2D eigenvalue weighted by molar-refractivity contribution is 14.0. The maximum atomic E-state index is 11.8. The molecular formula is C18H36IN5O2. The maximum absolute atomic E-state index is 11.8. The van der Waals surface area contributed by atoms with E-state index in [0.717, 1.165) is 57.9 Å². The van der Waals surface area contributed by atoms with Crippen LogP contribution in [0, 0.1) is 0 Å². The van der Waals surface area contributed by atoms with Gasteiger partial charge in [0, 0.05) is 32.2 Å². The molecule has 0 aromatic carbocycles. The number of guanidine groups is 1. The van der Waals surface area contributed by atoms with Crippen LogP contribution in [-0.4, -0.2) is 80.3 Å². The number of carbonyl (C=O) groups excluding carboxylic acids is 1. The van der Waals surface area contributed by atoms with Gasteiger partial charge in [0.2, 0.25) is 0 Å². The van der Waals surface area contributed by atoms with Crippen LogP contribution in [0.4, 0.5) is 4.79 Å². The Kier molecular flexibility index (Phi) is 12.0. The number of ether oxygens (including phenoxy) is 1. The van der Waals surface area contributed by atoms with Gasteiger partial charge in [0.15, 0.2) is 5.96 Å². The fraction of sp³-hybridized carbons (Fsp3) is 0.889. The Hall–Kier alpha value is -0.770. The van der Waals surface area contributed by atoms with Crippen molar-refractivity contribution < 1.29 is 9.53 Å². The lowest BCUT2D eigenvalue weighted by Crippen LogP contribution is -2.50. The van der Waals surface area contributed by atoms with E-state index in [1.54, 1.807) is 4.90 Å². The number of hydrogen-bond donors (Lipinski definition) is 2. The third kappa shape index (κ3) is 8.28. The summed E-state index contributed by atoms with van der Waals surface area (Å²) in [6.45, 7) is 11.2. The van der Waals surface area contributed by atoms with E-state index in [2.05, 4.69) is 22.5 Å². The molecule has 0 aromatic rings. The second-order valence-corrected chi connectivity index (χ2v) is 6.77. The van der Waals surface area contributed by atoms with Gasteiger partial charge in [-0.15, -0.1) is 24.0 Å². The molecule has 0 atom stereocenters. The van der Waals surface area contributed by atoms with Crippen LogP contribution in [0.15, 0.2) is 4.99 Å². The number of carbonyl (C=O) groups is 1. The highest BCUT2D eigenvalue weighted by Gasteiger charge is 2.24. The molecule has 0 saturated carbocycles. The molecule has 1 amide bonds. The van der Waals surface area contributed by atoms with Crippen LogP contribution in [0.3, 0.4) is 0 Å². The third-order valence-electron chi connectivity index (χ3n) is 4.81. The molecule has 26 heavy (non-hydrogen) atoms. The van der Waals surface area contributed by atoms with Gasteiger partial charge in [0.25, 0.3) is 0 Å². The van der Waals surface area contributed by atoms with E-state index in [0.29, 0.717) is 12.6 Å². The number of likely N-dealkylation sites (tertiary alicyclic amines) is 2. The first-order valence-corrected chi connectivity index (χ1v) is 9.91. The Labute approximate surface area is 175 Å². The lowest BCUT2D eigenvalue weighted by Gasteiger charge is -2.32. The Morgan fingerprint density at radius 1 is 1.15 bits per heavy atom. The molecule has 152 valence electrons. The van der Waals surface area contributed by atoms with E-state index in [1.807, 2.05) is 6.92 Å². The zero-order valence-electron chi connectivity index (χ0n) is 16.3. The largest absolute Gasteiger partial charge is 0.450 e. The summed E-state index contributed by atoms with van der Waals surface area (Å²) in [4.78, 5) is 20.8. The number of amides is 1. The number of aliphatic imine (C=N–C) groups is 1. The van der Waals surface area contributed by atoms with Crippen LogP contribution in [0.1, 0.15) is 46.0 Å². The van der Waals surface area contributed by atoms with E-state index >= 15 is 0 Å². The number of nitrogens with one attached hydrogen (secondary N) is 2. The van der Waals surface area contributed by atoms with Crippen LogP contribution in [0.25, 0.3) is 0 Å². The molecule has 8 heteroatoms. The van der Waals surface area contributed by atoms with Crippen molar-refractivity contribution in [3.05, 3.63) is 0 Å². The van der Waals surface area contributed by atoms with Crippen LogP contribution < -0.4 is 10.6 Å². The molecule has 2 aliphatic heterocycles. The molecular weight excluding hydrogens is 445 g/mol. The summed E-state index contributed by atoms with van der Waals surface area (Å²) in [7, 11) is 0. The number of hydrogen-bond acceptors (Lipinski definition) is 4. The van der Waals surface area contributed by atoms with E-state index in [9.17, 15) is 4.79 Å². The van der Waals surface area contributed by atoms with E-state index in [-0.39, 0.29) is 30.1 Å². The van der Waals surface area contributed by atoms with Crippen molar-refractivity contribution >= 4 is 36.0 Å². The van der Waals surface area contributed by atoms with Gasteiger partial charge in [-0.2, -0.15) is 0 Å². The predicted molar refractivity (Wildman–Crippen MR) is 116 cm³/mol. The summed E-state index contributed by atoms with van der Waals surface area (Å²) in [6, 6.07) is 0.363. The molecule has 0 spiro atoms. The molecule has 0 aliphatic carbocycles. The quantitative estimate of drug-likeness (QED) is 0.253. The van der Waals surface area contributed by atoms with Gasteiger partial charge in [0.1, 0.15) is 0 Å². The fourth-order valence-corrected chi connectivity index (χ4v) is 3.43. The molecule has 2 fully saturated rings. The molecule has 2 N–H and O–H groups in total. The lowest BCUT2D eigenvalue weighted by molar-refractivity contribution is 0.0963. The fourth-order valence-electron chi connectivity index (χ4n) is 3.43. The molecule has 2 rings (SSSR count). The van der Waals surface area contributed by atoms with Gasteiger partial charge >= 0.3 is 6.09 Å². The average molecular weight is 481 g/mol. The van der Waals surface area contributed by atoms with Crippen molar-refractivity contribution in [2.45, 2.75) is 52.0 Å². The minimum absolute atomic E-state index is 0. The molecule has 0 aromatic heterocycles. The second kappa shape index (κ2) is 13.4. The summed E-state index contributed by atoms with van der Waals surface area (Å²) in [5.74, 6) is 0.901. The molecule has 7 nitrogen and oxygen atoms in total. The molecule has 0 unspecified atom stereocenters. The summed E-state index contributed by atoms with van der Waals surface area (Å²) >= 11 is 0. The van der Waals surface area contributed by atoms with Crippen molar-refractivity contribution in [1.82, 2.24) is 20.4 Å². The maximum Gasteiger partial charge on any atom is 0.409 e. The zero-order chi connectivity index (χ0) is 17.9. The highest BCUT2D eigenvalue weighted by atomic mass is 127. The van der Waals surface area contributed by atoms with Crippen LogP contribution in [0.2, 0.25) is 0 Å². The first kappa shape index (κ1) is 23.3. The van der Waals surface area contributed by atoms with Crippen molar-refractivity contribution in [2.75, 3.05) is 52.4 Å². The Morgan fingerprint density at radius 2 is 1.85 bits per heavy atom. The third-order valence-corrected chi connectivity index (χ3v) is 4.81. The first-order chi connectivity index (χ1) is 12.2. The van der Waals surface area contributed by atoms with Gasteiger partial charge in [-0.05, 0) is 65.6 Å². The average Bonchev–Trinajstić information content (AvgIpc) is 3.13. The summed E-state index contributed by atoms with van der Waals surface area (Å²) in [5, 5.41) is 6.86. The normalized spacial score (nSPS) is 19.2. The topological polar surface area (TPSA) is 69.2 Å². The Bertz CT molecular complexity index is 422. The van der Waals surface area contributed by atoms with Gasteiger partial charge in [-0.3, -0.25) is 4.99 Å². The Balaban J connectivity index is 0.00000338. The molecule has 0 bridgehead atoms. The van der Waals surface area contributed by atoms with E-state index in [4.69, 9.17) is 9.73 Å². The van der Waals surface area contributed by atoms with Gasteiger partial charge in [-0.1, -0.05) is 0 Å². The standard InChI is InChI=1S/C18H35N5O2.HI/c1-3-19-17(20-10-7-13-22-11-5-6-12-22)21-16-8-14-23(15-9-16)18(24)25-4-2;/h16H,3-15H2,1-2H3,(H2,19,20,21);1H. The smallest absolute Gasteiger partial charge is 0.409 e. The molecule has 0 radical (unpaired) electrons. The SMILES string of the molecule is CCNC(=NCCCN1CCCC1)NC1CCN(C(=O)OCC)CC1.I. The predicted octanol–water partition coefficient (Wildman–Crippen LogP) is 2.27. The van der Waals surface area contributed by atoms with E-state index < -0.39 is 0 Å².